The molecule has 0 amide bonds. The van der Waals surface area contributed by atoms with Crippen LogP contribution in [0, 0.1) is 5.92 Å². The van der Waals surface area contributed by atoms with Crippen LogP contribution >= 0.6 is 0 Å². The van der Waals surface area contributed by atoms with Crippen LogP contribution in [0.2, 0.25) is 0 Å². The third kappa shape index (κ3) is 4.48. The molecule has 1 unspecified atom stereocenters. The van der Waals surface area contributed by atoms with E-state index in [-0.39, 0.29) is 5.92 Å². The third-order valence-electron chi connectivity index (χ3n) is 2.58. The van der Waals surface area contributed by atoms with E-state index >= 15 is 0 Å². The highest BCUT2D eigenvalue weighted by molar-refractivity contribution is 5.69. The van der Waals surface area contributed by atoms with Gasteiger partial charge in [0.15, 0.2) is 5.82 Å². The summed E-state index contributed by atoms with van der Waals surface area (Å²) >= 11 is 0. The molecular weight excluding hydrogens is 222 g/mol. The molecule has 1 rings (SSSR count). The van der Waals surface area contributed by atoms with Gasteiger partial charge in [-0.2, -0.15) is 0 Å². The Morgan fingerprint density at radius 1 is 1.53 bits per heavy atom. The highest BCUT2D eigenvalue weighted by Gasteiger charge is 2.13. The van der Waals surface area contributed by atoms with E-state index < -0.39 is 5.97 Å². The number of hydrogen-bond acceptors (Lipinski definition) is 5. The van der Waals surface area contributed by atoms with E-state index in [0.717, 1.165) is 18.8 Å². The maximum absolute atomic E-state index is 10.7. The molecule has 0 aliphatic rings. The topological polar surface area (TPSA) is 84.1 Å². The van der Waals surface area contributed by atoms with Gasteiger partial charge in [-0.15, -0.1) is 5.10 Å². The number of carbonyl (C=O) groups is 1. The number of aliphatic carboxylic acids is 1. The zero-order valence-electron chi connectivity index (χ0n) is 10.5. The monoisotopic (exact) mass is 241 g/mol. The van der Waals surface area contributed by atoms with Crippen molar-refractivity contribution in [2.24, 2.45) is 5.92 Å². The summed E-state index contributed by atoms with van der Waals surface area (Å²) in [5, 5.41) is 20.2. The lowest BCUT2D eigenvalue weighted by Crippen LogP contribution is -2.19. The van der Waals surface area contributed by atoms with Gasteiger partial charge in [-0.3, -0.25) is 4.79 Å². The second kappa shape index (κ2) is 6.29. The molecule has 0 aliphatic heterocycles. The normalized spacial score (nSPS) is 12.9. The van der Waals surface area contributed by atoms with Crippen LogP contribution in [0.4, 0.5) is 0 Å². The average Bonchev–Trinajstić information content (AvgIpc) is 2.70. The van der Waals surface area contributed by atoms with Crippen LogP contribution in [0.1, 0.15) is 19.2 Å². The van der Waals surface area contributed by atoms with Gasteiger partial charge in [0, 0.05) is 19.5 Å². The molecule has 7 heteroatoms. The van der Waals surface area contributed by atoms with E-state index in [1.54, 1.807) is 11.6 Å². The fourth-order valence-corrected chi connectivity index (χ4v) is 1.34. The van der Waals surface area contributed by atoms with Crippen molar-refractivity contribution >= 4 is 5.97 Å². The largest absolute Gasteiger partial charge is 0.481 e. The van der Waals surface area contributed by atoms with Crippen molar-refractivity contribution in [3.05, 3.63) is 5.82 Å². The Morgan fingerprint density at radius 2 is 2.24 bits per heavy atom. The van der Waals surface area contributed by atoms with Crippen LogP contribution in [0.15, 0.2) is 0 Å². The van der Waals surface area contributed by atoms with Crippen molar-refractivity contribution < 1.29 is 9.90 Å². The summed E-state index contributed by atoms with van der Waals surface area (Å²) in [4.78, 5) is 12.7. The quantitative estimate of drug-likeness (QED) is 0.717. The molecule has 0 saturated heterocycles. The minimum absolute atomic E-state index is 0.374. The van der Waals surface area contributed by atoms with E-state index in [9.17, 15) is 4.79 Å². The first-order valence-corrected chi connectivity index (χ1v) is 5.63. The molecule has 96 valence electrons. The van der Waals surface area contributed by atoms with Gasteiger partial charge in [0.25, 0.3) is 0 Å². The number of aryl methyl sites for hydroxylation is 1. The van der Waals surface area contributed by atoms with Gasteiger partial charge in [-0.05, 0) is 30.9 Å². The molecule has 0 saturated carbocycles. The minimum Gasteiger partial charge on any atom is -0.481 e. The third-order valence-corrected chi connectivity index (χ3v) is 2.58. The molecule has 1 heterocycles. The second-order valence-electron chi connectivity index (χ2n) is 4.40. The number of tetrazole rings is 1. The van der Waals surface area contributed by atoms with Crippen molar-refractivity contribution in [2.75, 3.05) is 20.6 Å². The standard InChI is InChI=1S/C10H19N5O2/c1-8(10(16)17)4-7-15-9(11-12-13-15)5-6-14(2)3/h8H,4-7H2,1-3H3,(H,16,17). The summed E-state index contributed by atoms with van der Waals surface area (Å²) in [6.07, 6.45) is 1.30. The molecule has 0 aliphatic carbocycles. The first-order chi connectivity index (χ1) is 8.00. The zero-order valence-corrected chi connectivity index (χ0v) is 10.5. The van der Waals surface area contributed by atoms with Crippen LogP contribution in [-0.4, -0.2) is 56.8 Å². The fourth-order valence-electron chi connectivity index (χ4n) is 1.34. The SMILES string of the molecule is CC(CCn1nnnc1CCN(C)C)C(=O)O. The number of rotatable bonds is 7. The van der Waals surface area contributed by atoms with E-state index in [2.05, 4.69) is 20.4 Å². The smallest absolute Gasteiger partial charge is 0.306 e. The number of aromatic nitrogens is 4. The highest BCUT2D eigenvalue weighted by Crippen LogP contribution is 2.05. The molecule has 0 spiro atoms. The summed E-state index contributed by atoms with van der Waals surface area (Å²) in [7, 11) is 3.97. The Morgan fingerprint density at radius 3 is 2.82 bits per heavy atom. The van der Waals surface area contributed by atoms with Crippen LogP contribution < -0.4 is 0 Å². The Labute approximate surface area is 100 Å². The van der Waals surface area contributed by atoms with E-state index in [1.807, 2.05) is 14.1 Å². The molecule has 1 aromatic heterocycles. The number of carboxylic acids is 1. The molecular formula is C10H19N5O2. The molecule has 0 bridgehead atoms. The lowest BCUT2D eigenvalue weighted by molar-refractivity contribution is -0.141. The van der Waals surface area contributed by atoms with Gasteiger partial charge >= 0.3 is 5.97 Å². The fraction of sp³-hybridized carbons (Fsp3) is 0.800. The van der Waals surface area contributed by atoms with Crippen LogP contribution in [0.3, 0.4) is 0 Å². The van der Waals surface area contributed by atoms with Crippen LogP contribution in [-0.2, 0) is 17.8 Å². The van der Waals surface area contributed by atoms with Gasteiger partial charge < -0.3 is 10.0 Å². The number of carboxylic acid groups (broad SMARTS) is 1. The van der Waals surface area contributed by atoms with Crippen molar-refractivity contribution in [3.8, 4) is 0 Å². The van der Waals surface area contributed by atoms with Gasteiger partial charge in [0.05, 0.1) is 5.92 Å². The number of likely N-dealkylation sites (N-methyl/N-ethyl adjacent to an activating group) is 1. The summed E-state index contributed by atoms with van der Waals surface area (Å²) < 4.78 is 1.68. The van der Waals surface area contributed by atoms with E-state index in [1.165, 1.54) is 0 Å². The Kier molecular flexibility index (Phi) is 5.02. The van der Waals surface area contributed by atoms with Gasteiger partial charge in [0.1, 0.15) is 0 Å². The van der Waals surface area contributed by atoms with Crippen molar-refractivity contribution in [1.29, 1.82) is 0 Å². The number of nitrogens with zero attached hydrogens (tertiary/aromatic N) is 5. The maximum Gasteiger partial charge on any atom is 0.306 e. The van der Waals surface area contributed by atoms with E-state index in [0.29, 0.717) is 13.0 Å². The maximum atomic E-state index is 10.7. The lowest BCUT2D eigenvalue weighted by Gasteiger charge is -2.10. The molecule has 17 heavy (non-hydrogen) atoms. The average molecular weight is 241 g/mol. The molecule has 1 aromatic rings. The summed E-state index contributed by atoms with van der Waals surface area (Å²) in [6.45, 7) is 3.10. The van der Waals surface area contributed by atoms with Crippen LogP contribution in [0.5, 0.6) is 0 Å². The molecule has 0 radical (unpaired) electrons. The van der Waals surface area contributed by atoms with Crippen molar-refractivity contribution in [3.63, 3.8) is 0 Å². The van der Waals surface area contributed by atoms with E-state index in [4.69, 9.17) is 5.11 Å². The van der Waals surface area contributed by atoms with Crippen LogP contribution in [0.25, 0.3) is 0 Å². The van der Waals surface area contributed by atoms with Crippen molar-refractivity contribution in [1.82, 2.24) is 25.1 Å². The molecule has 1 N–H and O–H groups in total. The van der Waals surface area contributed by atoms with Gasteiger partial charge in [0.2, 0.25) is 0 Å². The minimum atomic E-state index is -0.784. The predicted octanol–water partition coefficient (Wildman–Crippen LogP) is -0.112. The second-order valence-corrected chi connectivity index (χ2v) is 4.40. The molecule has 1 atom stereocenters. The molecule has 0 aromatic carbocycles. The van der Waals surface area contributed by atoms with Gasteiger partial charge in [-0.1, -0.05) is 6.92 Å². The first kappa shape index (κ1) is 13.6. The summed E-state index contributed by atoms with van der Waals surface area (Å²) in [6, 6.07) is 0. The molecule has 0 fully saturated rings. The lowest BCUT2D eigenvalue weighted by atomic mass is 10.1. The summed E-state index contributed by atoms with van der Waals surface area (Å²) in [5.41, 5.74) is 0. The molecule has 7 nitrogen and oxygen atoms in total. The Bertz CT molecular complexity index is 363. The highest BCUT2D eigenvalue weighted by atomic mass is 16.4. The van der Waals surface area contributed by atoms with Crippen molar-refractivity contribution in [2.45, 2.75) is 26.3 Å². The Hall–Kier alpha value is -1.50. The number of hydrogen-bond donors (Lipinski definition) is 1. The zero-order chi connectivity index (χ0) is 12.8. The van der Waals surface area contributed by atoms with Gasteiger partial charge in [-0.25, -0.2) is 4.68 Å². The Balaban J connectivity index is 2.48. The predicted molar refractivity (Wildman–Crippen MR) is 61.5 cm³/mol. The first-order valence-electron chi connectivity index (χ1n) is 5.63. The summed E-state index contributed by atoms with van der Waals surface area (Å²) in [5.74, 6) is -0.356.